The third-order valence-electron chi connectivity index (χ3n) is 3.71. The Morgan fingerprint density at radius 1 is 1.24 bits per heavy atom. The second-order valence-corrected chi connectivity index (χ2v) is 6.85. The lowest BCUT2D eigenvalue weighted by molar-refractivity contribution is 0.0382. The summed E-state index contributed by atoms with van der Waals surface area (Å²) in [5, 5.41) is 6.49. The average molecular weight is 290 g/mol. The summed E-state index contributed by atoms with van der Waals surface area (Å²) in [7, 11) is 0. The Morgan fingerprint density at radius 2 is 1.90 bits per heavy atom. The van der Waals surface area contributed by atoms with Crippen molar-refractivity contribution in [1.29, 1.82) is 0 Å². The molecule has 4 nitrogen and oxygen atoms in total. The highest BCUT2D eigenvalue weighted by atomic mass is 16.6. The molecule has 0 radical (unpaired) electrons. The van der Waals surface area contributed by atoms with Gasteiger partial charge >= 0.3 is 6.09 Å². The van der Waals surface area contributed by atoms with E-state index in [2.05, 4.69) is 22.8 Å². The number of carbonyl (C=O) groups is 1. The first-order chi connectivity index (χ1) is 9.89. The van der Waals surface area contributed by atoms with Crippen LogP contribution >= 0.6 is 0 Å². The van der Waals surface area contributed by atoms with Gasteiger partial charge in [-0.3, -0.25) is 0 Å². The molecule has 1 aliphatic rings. The molecule has 1 aromatic carbocycles. The minimum absolute atomic E-state index is 0.142. The van der Waals surface area contributed by atoms with Crippen molar-refractivity contribution in [2.75, 3.05) is 6.54 Å². The normalized spacial score (nSPS) is 16.9. The van der Waals surface area contributed by atoms with Crippen molar-refractivity contribution >= 4 is 6.09 Å². The molecule has 1 amide bonds. The van der Waals surface area contributed by atoms with Gasteiger partial charge < -0.3 is 15.4 Å². The van der Waals surface area contributed by atoms with Crippen molar-refractivity contribution in [1.82, 2.24) is 10.6 Å². The lowest BCUT2D eigenvalue weighted by Crippen LogP contribution is -2.59. The van der Waals surface area contributed by atoms with Crippen molar-refractivity contribution in [3.8, 4) is 0 Å². The van der Waals surface area contributed by atoms with E-state index in [1.54, 1.807) is 0 Å². The maximum atomic E-state index is 11.9. The van der Waals surface area contributed by atoms with Gasteiger partial charge in [0.2, 0.25) is 0 Å². The summed E-state index contributed by atoms with van der Waals surface area (Å²) in [5.74, 6) is 0. The molecule has 0 heterocycles. The third-order valence-corrected chi connectivity index (χ3v) is 3.71. The predicted octanol–water partition coefficient (Wildman–Crippen LogP) is 3.22. The largest absolute Gasteiger partial charge is 0.444 e. The number of amides is 1. The minimum Gasteiger partial charge on any atom is -0.444 e. The van der Waals surface area contributed by atoms with Gasteiger partial charge in [-0.15, -0.1) is 0 Å². The summed E-state index contributed by atoms with van der Waals surface area (Å²) in [6.07, 6.45) is 2.86. The fourth-order valence-electron chi connectivity index (χ4n) is 2.51. The highest BCUT2D eigenvalue weighted by Crippen LogP contribution is 2.31. The van der Waals surface area contributed by atoms with E-state index < -0.39 is 5.60 Å². The molecule has 1 aliphatic carbocycles. The number of ether oxygens (including phenoxy) is 1. The van der Waals surface area contributed by atoms with Crippen LogP contribution in [-0.4, -0.2) is 23.8 Å². The first-order valence-corrected chi connectivity index (χ1v) is 7.64. The number of hydrogen-bond donors (Lipinski definition) is 2. The molecule has 2 rings (SSSR count). The molecule has 1 aromatic rings. The first kappa shape index (κ1) is 15.8. The van der Waals surface area contributed by atoms with Gasteiger partial charge in [-0.05, 0) is 45.6 Å². The summed E-state index contributed by atoms with van der Waals surface area (Å²) in [6, 6.07) is 10.3. The molecule has 0 saturated heterocycles. The molecule has 1 fully saturated rings. The number of carbonyl (C=O) groups excluding carboxylic acids is 1. The van der Waals surface area contributed by atoms with Crippen molar-refractivity contribution in [3.63, 3.8) is 0 Å². The molecule has 0 aliphatic heterocycles. The van der Waals surface area contributed by atoms with Crippen LogP contribution in [0.5, 0.6) is 0 Å². The molecular weight excluding hydrogens is 264 g/mol. The van der Waals surface area contributed by atoms with E-state index in [-0.39, 0.29) is 11.6 Å². The highest BCUT2D eigenvalue weighted by Gasteiger charge is 2.39. The quantitative estimate of drug-likeness (QED) is 0.875. The molecule has 0 bridgehead atoms. The van der Waals surface area contributed by atoms with Crippen LogP contribution in [-0.2, 0) is 11.3 Å². The lowest BCUT2D eigenvalue weighted by Gasteiger charge is -2.42. The SMILES string of the molecule is CC(C)(C)OC(=O)NC1(CNCc2ccccc2)CCC1. The third kappa shape index (κ3) is 5.05. The number of rotatable bonds is 5. The zero-order chi connectivity index (χ0) is 15.3. The molecule has 2 N–H and O–H groups in total. The monoisotopic (exact) mass is 290 g/mol. The number of benzene rings is 1. The number of hydrogen-bond acceptors (Lipinski definition) is 3. The van der Waals surface area contributed by atoms with Crippen LogP contribution in [0.3, 0.4) is 0 Å². The van der Waals surface area contributed by atoms with Crippen LogP contribution < -0.4 is 10.6 Å². The Balaban J connectivity index is 1.80. The molecule has 0 unspecified atom stereocenters. The summed E-state index contributed by atoms with van der Waals surface area (Å²) in [5.41, 5.74) is 0.660. The summed E-state index contributed by atoms with van der Waals surface area (Å²) >= 11 is 0. The van der Waals surface area contributed by atoms with Crippen LogP contribution in [0.1, 0.15) is 45.6 Å². The molecule has 0 aromatic heterocycles. The van der Waals surface area contributed by atoms with Crippen molar-refractivity contribution in [3.05, 3.63) is 35.9 Å². The van der Waals surface area contributed by atoms with Gasteiger partial charge in [-0.2, -0.15) is 0 Å². The van der Waals surface area contributed by atoms with Crippen LogP contribution in [0.25, 0.3) is 0 Å². The van der Waals surface area contributed by atoms with Gasteiger partial charge in [0.25, 0.3) is 0 Å². The Kier molecular flexibility index (Phi) is 4.88. The second-order valence-electron chi connectivity index (χ2n) is 6.85. The van der Waals surface area contributed by atoms with E-state index in [1.165, 1.54) is 5.56 Å². The van der Waals surface area contributed by atoms with E-state index in [9.17, 15) is 4.79 Å². The number of alkyl carbamates (subject to hydrolysis) is 1. The maximum Gasteiger partial charge on any atom is 0.408 e. The summed E-state index contributed by atoms with van der Waals surface area (Å²) in [4.78, 5) is 11.9. The van der Waals surface area contributed by atoms with E-state index in [0.717, 1.165) is 32.4 Å². The zero-order valence-corrected chi connectivity index (χ0v) is 13.2. The molecule has 4 heteroatoms. The highest BCUT2D eigenvalue weighted by molar-refractivity contribution is 5.69. The lowest BCUT2D eigenvalue weighted by atomic mass is 9.76. The fraction of sp³-hybridized carbons (Fsp3) is 0.588. The molecule has 1 saturated carbocycles. The minimum atomic E-state index is -0.452. The molecule has 116 valence electrons. The van der Waals surface area contributed by atoms with Crippen LogP contribution in [0.2, 0.25) is 0 Å². The summed E-state index contributed by atoms with van der Waals surface area (Å²) < 4.78 is 5.36. The predicted molar refractivity (Wildman–Crippen MR) is 84.1 cm³/mol. The zero-order valence-electron chi connectivity index (χ0n) is 13.2. The Bertz CT molecular complexity index is 461. The standard InChI is InChI=1S/C17H26N2O2/c1-16(2,3)21-15(20)19-17(10-7-11-17)13-18-12-14-8-5-4-6-9-14/h4-6,8-9,18H,7,10-13H2,1-3H3,(H,19,20). The van der Waals surface area contributed by atoms with Crippen LogP contribution in [0.15, 0.2) is 30.3 Å². The Labute approximate surface area is 127 Å². The van der Waals surface area contributed by atoms with Gasteiger partial charge in [0.1, 0.15) is 5.60 Å². The van der Waals surface area contributed by atoms with Gasteiger partial charge in [0, 0.05) is 13.1 Å². The Hall–Kier alpha value is -1.55. The number of nitrogens with one attached hydrogen (secondary N) is 2. The fourth-order valence-corrected chi connectivity index (χ4v) is 2.51. The summed E-state index contributed by atoms with van der Waals surface area (Å²) in [6.45, 7) is 7.24. The van der Waals surface area contributed by atoms with Crippen molar-refractivity contribution in [2.45, 2.75) is 57.7 Å². The topological polar surface area (TPSA) is 50.4 Å². The van der Waals surface area contributed by atoms with Crippen molar-refractivity contribution in [2.24, 2.45) is 0 Å². The van der Waals surface area contributed by atoms with Crippen molar-refractivity contribution < 1.29 is 9.53 Å². The van der Waals surface area contributed by atoms with Gasteiger partial charge in [0.15, 0.2) is 0 Å². The molecule has 0 atom stereocenters. The smallest absolute Gasteiger partial charge is 0.408 e. The second kappa shape index (κ2) is 6.48. The van der Waals surface area contributed by atoms with Gasteiger partial charge in [-0.1, -0.05) is 30.3 Å². The van der Waals surface area contributed by atoms with Crippen LogP contribution in [0.4, 0.5) is 4.79 Å². The molecule has 21 heavy (non-hydrogen) atoms. The Morgan fingerprint density at radius 3 is 2.43 bits per heavy atom. The van der Waals surface area contributed by atoms with Gasteiger partial charge in [0.05, 0.1) is 5.54 Å². The first-order valence-electron chi connectivity index (χ1n) is 7.64. The molecule has 0 spiro atoms. The maximum absolute atomic E-state index is 11.9. The van der Waals surface area contributed by atoms with E-state index in [0.29, 0.717) is 0 Å². The van der Waals surface area contributed by atoms with Crippen LogP contribution in [0, 0.1) is 0 Å². The van der Waals surface area contributed by atoms with E-state index in [1.807, 2.05) is 39.0 Å². The van der Waals surface area contributed by atoms with Gasteiger partial charge in [-0.25, -0.2) is 4.79 Å². The molecular formula is C17H26N2O2. The van der Waals surface area contributed by atoms with E-state index >= 15 is 0 Å². The average Bonchev–Trinajstić information content (AvgIpc) is 2.34. The van der Waals surface area contributed by atoms with E-state index in [4.69, 9.17) is 4.74 Å².